The van der Waals surface area contributed by atoms with Gasteiger partial charge in [0.25, 0.3) is 0 Å². The minimum absolute atomic E-state index is 0.219. The van der Waals surface area contributed by atoms with Gasteiger partial charge in [-0.1, -0.05) is 23.8 Å². The van der Waals surface area contributed by atoms with Crippen molar-refractivity contribution in [1.82, 2.24) is 5.32 Å². The highest BCUT2D eigenvalue weighted by Crippen LogP contribution is 2.09. The molecule has 0 heterocycles. The summed E-state index contributed by atoms with van der Waals surface area (Å²) in [7, 11) is 0. The van der Waals surface area contributed by atoms with Crippen LogP contribution in [0.1, 0.15) is 5.56 Å². The van der Waals surface area contributed by atoms with E-state index in [1.54, 1.807) is 24.3 Å². The lowest BCUT2D eigenvalue weighted by Gasteiger charge is -2.04. The summed E-state index contributed by atoms with van der Waals surface area (Å²) in [4.78, 5) is 0. The molecule has 5 heteroatoms. The van der Waals surface area contributed by atoms with E-state index in [0.29, 0.717) is 5.02 Å². The van der Waals surface area contributed by atoms with Gasteiger partial charge in [-0.3, -0.25) is 5.41 Å². The van der Waals surface area contributed by atoms with Gasteiger partial charge in [0.15, 0.2) is 0 Å². The Hall–Kier alpha value is -0.580. The molecule has 0 fully saturated rings. The van der Waals surface area contributed by atoms with E-state index in [1.165, 1.54) is 0 Å². The number of halogens is 1. The van der Waals surface area contributed by atoms with E-state index in [-0.39, 0.29) is 10.2 Å². The van der Waals surface area contributed by atoms with Gasteiger partial charge in [0.05, 0.1) is 0 Å². The maximum absolute atomic E-state index is 7.54. The minimum Gasteiger partial charge on any atom is -0.326 e. The molecular weight excluding hydrogens is 224 g/mol. The Morgan fingerprint density at radius 1 is 1.38 bits per heavy atom. The van der Waals surface area contributed by atoms with E-state index in [0.717, 1.165) is 5.56 Å². The SMILES string of the molecule is N=C(NC(=S)S)c1ccc(Cl)cc1. The maximum atomic E-state index is 7.54. The van der Waals surface area contributed by atoms with Crippen molar-refractivity contribution in [2.75, 3.05) is 0 Å². The number of benzene rings is 1. The van der Waals surface area contributed by atoms with Crippen molar-refractivity contribution in [2.45, 2.75) is 0 Å². The summed E-state index contributed by atoms with van der Waals surface area (Å²) in [5.41, 5.74) is 0.723. The number of thiol groups is 1. The summed E-state index contributed by atoms with van der Waals surface area (Å²) in [6.07, 6.45) is 0. The van der Waals surface area contributed by atoms with Gasteiger partial charge in [-0.15, -0.1) is 12.6 Å². The van der Waals surface area contributed by atoms with Crippen molar-refractivity contribution < 1.29 is 0 Å². The molecule has 0 amide bonds. The van der Waals surface area contributed by atoms with Crippen molar-refractivity contribution in [2.24, 2.45) is 0 Å². The first kappa shape index (κ1) is 10.5. The molecular formula is C8H7ClN2S2. The van der Waals surface area contributed by atoms with Crippen molar-refractivity contribution in [1.29, 1.82) is 5.41 Å². The molecule has 0 saturated carbocycles. The summed E-state index contributed by atoms with van der Waals surface area (Å²) in [6, 6.07) is 6.91. The van der Waals surface area contributed by atoms with Crippen LogP contribution in [0.4, 0.5) is 0 Å². The van der Waals surface area contributed by atoms with Crippen molar-refractivity contribution >= 4 is 46.6 Å². The molecule has 0 spiro atoms. The Kier molecular flexibility index (Phi) is 3.71. The van der Waals surface area contributed by atoms with Crippen LogP contribution in [0.2, 0.25) is 5.02 Å². The lowest BCUT2D eigenvalue weighted by molar-refractivity contribution is 1.32. The van der Waals surface area contributed by atoms with E-state index >= 15 is 0 Å². The number of rotatable bonds is 1. The average Bonchev–Trinajstić information content (AvgIpc) is 2.04. The molecule has 1 aromatic rings. The van der Waals surface area contributed by atoms with Crippen LogP contribution in [0, 0.1) is 5.41 Å². The second kappa shape index (κ2) is 4.60. The fraction of sp³-hybridized carbons (Fsp3) is 0. The lowest BCUT2D eigenvalue weighted by atomic mass is 10.2. The molecule has 0 aromatic heterocycles. The average molecular weight is 231 g/mol. The third-order valence-electron chi connectivity index (χ3n) is 1.36. The highest BCUT2D eigenvalue weighted by atomic mass is 35.5. The number of thiocarbonyl (C=S) groups is 1. The quantitative estimate of drug-likeness (QED) is 0.300. The van der Waals surface area contributed by atoms with Gasteiger partial charge in [0.1, 0.15) is 10.2 Å². The Bertz CT molecular complexity index is 335. The van der Waals surface area contributed by atoms with Crippen LogP contribution in [-0.4, -0.2) is 10.2 Å². The zero-order valence-electron chi connectivity index (χ0n) is 6.54. The van der Waals surface area contributed by atoms with Gasteiger partial charge in [0.2, 0.25) is 0 Å². The Balaban J connectivity index is 2.78. The molecule has 0 bridgehead atoms. The molecule has 2 nitrogen and oxygen atoms in total. The molecule has 68 valence electrons. The van der Waals surface area contributed by atoms with Gasteiger partial charge < -0.3 is 5.32 Å². The fourth-order valence-electron chi connectivity index (χ4n) is 0.796. The maximum Gasteiger partial charge on any atom is 0.136 e. The molecule has 0 aliphatic rings. The minimum atomic E-state index is 0.219. The second-order valence-electron chi connectivity index (χ2n) is 2.31. The van der Waals surface area contributed by atoms with Crippen LogP contribution in [-0.2, 0) is 0 Å². The Morgan fingerprint density at radius 2 is 1.92 bits per heavy atom. The third-order valence-corrected chi connectivity index (χ3v) is 1.83. The largest absolute Gasteiger partial charge is 0.326 e. The molecule has 1 aromatic carbocycles. The molecule has 0 aliphatic carbocycles. The highest BCUT2D eigenvalue weighted by Gasteiger charge is 2.00. The first-order valence-electron chi connectivity index (χ1n) is 3.44. The van der Waals surface area contributed by atoms with Crippen molar-refractivity contribution in [3.8, 4) is 0 Å². The van der Waals surface area contributed by atoms with Crippen LogP contribution < -0.4 is 5.32 Å². The van der Waals surface area contributed by atoms with Crippen molar-refractivity contribution in [3.63, 3.8) is 0 Å². The van der Waals surface area contributed by atoms with Gasteiger partial charge in [-0.25, -0.2) is 0 Å². The number of amidine groups is 1. The molecule has 0 radical (unpaired) electrons. The van der Waals surface area contributed by atoms with Gasteiger partial charge >= 0.3 is 0 Å². The van der Waals surface area contributed by atoms with Crippen molar-refractivity contribution in [3.05, 3.63) is 34.9 Å². The Labute approximate surface area is 92.2 Å². The zero-order chi connectivity index (χ0) is 9.84. The van der Waals surface area contributed by atoms with Crippen LogP contribution in [0.25, 0.3) is 0 Å². The lowest BCUT2D eigenvalue weighted by Crippen LogP contribution is -2.25. The number of hydrogen-bond acceptors (Lipinski definition) is 2. The zero-order valence-corrected chi connectivity index (χ0v) is 9.01. The second-order valence-corrected chi connectivity index (χ2v) is 3.91. The Morgan fingerprint density at radius 3 is 2.38 bits per heavy atom. The smallest absolute Gasteiger partial charge is 0.136 e. The standard InChI is InChI=1S/C8H7ClN2S2/c9-6-3-1-5(2-4-6)7(10)11-8(12)13/h1-4H,(H3,10,11,12,13). The monoisotopic (exact) mass is 230 g/mol. The van der Waals surface area contributed by atoms with Crippen LogP contribution in [0.3, 0.4) is 0 Å². The van der Waals surface area contributed by atoms with Crippen LogP contribution >= 0.6 is 36.4 Å². The van der Waals surface area contributed by atoms with E-state index in [2.05, 4.69) is 30.2 Å². The first-order chi connectivity index (χ1) is 6.09. The van der Waals surface area contributed by atoms with Crippen LogP contribution in [0.15, 0.2) is 24.3 Å². The highest BCUT2D eigenvalue weighted by molar-refractivity contribution is 8.11. The molecule has 0 unspecified atom stereocenters. The third kappa shape index (κ3) is 3.34. The van der Waals surface area contributed by atoms with E-state index < -0.39 is 0 Å². The predicted octanol–water partition coefficient (Wildman–Crippen LogP) is 2.47. The summed E-state index contributed by atoms with van der Waals surface area (Å²) in [5, 5.41) is 10.8. The van der Waals surface area contributed by atoms with E-state index in [4.69, 9.17) is 17.0 Å². The summed E-state index contributed by atoms with van der Waals surface area (Å²) >= 11 is 14.2. The first-order valence-corrected chi connectivity index (χ1v) is 4.67. The summed E-state index contributed by atoms with van der Waals surface area (Å²) in [6.45, 7) is 0. The fourth-order valence-corrected chi connectivity index (χ4v) is 1.14. The van der Waals surface area contributed by atoms with E-state index in [9.17, 15) is 0 Å². The molecule has 13 heavy (non-hydrogen) atoms. The number of hydrogen-bond donors (Lipinski definition) is 3. The molecule has 2 N–H and O–H groups in total. The number of nitrogens with one attached hydrogen (secondary N) is 2. The predicted molar refractivity (Wildman–Crippen MR) is 63.0 cm³/mol. The van der Waals surface area contributed by atoms with Crippen LogP contribution in [0.5, 0.6) is 0 Å². The summed E-state index contributed by atoms with van der Waals surface area (Å²) < 4.78 is 0.278. The normalized spacial score (nSPS) is 9.38. The van der Waals surface area contributed by atoms with E-state index in [1.807, 2.05) is 0 Å². The van der Waals surface area contributed by atoms with Gasteiger partial charge in [0, 0.05) is 10.6 Å². The molecule has 0 saturated heterocycles. The summed E-state index contributed by atoms with van der Waals surface area (Å²) in [5.74, 6) is 0.219. The molecule has 0 aliphatic heterocycles. The molecule has 1 rings (SSSR count). The topological polar surface area (TPSA) is 35.9 Å². The van der Waals surface area contributed by atoms with Gasteiger partial charge in [-0.05, 0) is 24.3 Å². The molecule has 0 atom stereocenters. The van der Waals surface area contributed by atoms with Gasteiger partial charge in [-0.2, -0.15) is 0 Å².